The molecule has 0 saturated carbocycles. The molecule has 30 heavy (non-hydrogen) atoms. The summed E-state index contributed by atoms with van der Waals surface area (Å²) < 4.78 is 1.69. The lowest BCUT2D eigenvalue weighted by molar-refractivity contribution is -0.130. The first-order valence-corrected chi connectivity index (χ1v) is 10.7. The molecule has 3 amide bonds. The normalized spacial score (nSPS) is 19.1. The van der Waals surface area contributed by atoms with Crippen molar-refractivity contribution in [3.8, 4) is 5.69 Å². The van der Waals surface area contributed by atoms with Gasteiger partial charge in [-0.3, -0.25) is 19.6 Å². The highest BCUT2D eigenvalue weighted by Crippen LogP contribution is 2.33. The van der Waals surface area contributed by atoms with E-state index in [4.69, 9.17) is 11.6 Å². The van der Waals surface area contributed by atoms with Crippen LogP contribution in [-0.2, 0) is 4.79 Å². The van der Waals surface area contributed by atoms with Gasteiger partial charge in [-0.2, -0.15) is 5.10 Å². The van der Waals surface area contributed by atoms with Crippen LogP contribution in [0.5, 0.6) is 0 Å². The third kappa shape index (κ3) is 3.15. The van der Waals surface area contributed by atoms with Crippen LogP contribution in [0.1, 0.15) is 25.3 Å². The second kappa shape index (κ2) is 7.43. The second-order valence-corrected chi connectivity index (χ2v) is 8.50. The first-order chi connectivity index (χ1) is 14.5. The zero-order chi connectivity index (χ0) is 20.8. The number of anilines is 1. The molecule has 0 atom stereocenters. The van der Waals surface area contributed by atoms with Crippen molar-refractivity contribution >= 4 is 35.2 Å². The SMILES string of the molecule is CC1CCN(C(=O)CN2C(=O)N3CCN=C3c3cnn(-c4ccc(Cl)cc4)c32)CC1. The van der Waals surface area contributed by atoms with Gasteiger partial charge in [0, 0.05) is 24.7 Å². The highest BCUT2D eigenvalue weighted by Gasteiger charge is 2.41. The number of nitrogens with zero attached hydrogens (tertiary/aromatic N) is 6. The van der Waals surface area contributed by atoms with E-state index in [0.717, 1.165) is 37.2 Å². The maximum Gasteiger partial charge on any atom is 0.331 e. The quantitative estimate of drug-likeness (QED) is 0.757. The average molecular weight is 427 g/mol. The van der Waals surface area contributed by atoms with Crippen LogP contribution in [0, 0.1) is 5.92 Å². The van der Waals surface area contributed by atoms with Crippen molar-refractivity contribution in [2.45, 2.75) is 19.8 Å². The molecule has 0 unspecified atom stereocenters. The number of rotatable bonds is 3. The number of amides is 3. The van der Waals surface area contributed by atoms with Crippen molar-refractivity contribution in [1.29, 1.82) is 0 Å². The molecule has 0 aliphatic carbocycles. The molecule has 3 aliphatic heterocycles. The monoisotopic (exact) mass is 426 g/mol. The molecule has 0 bridgehead atoms. The summed E-state index contributed by atoms with van der Waals surface area (Å²) in [5, 5.41) is 5.14. The highest BCUT2D eigenvalue weighted by molar-refractivity contribution is 6.30. The molecule has 4 heterocycles. The van der Waals surface area contributed by atoms with Gasteiger partial charge >= 0.3 is 6.03 Å². The van der Waals surface area contributed by atoms with E-state index in [9.17, 15) is 9.59 Å². The average Bonchev–Trinajstić information content (AvgIpc) is 3.39. The number of carbonyl (C=O) groups is 2. The van der Waals surface area contributed by atoms with Crippen molar-refractivity contribution < 1.29 is 9.59 Å². The van der Waals surface area contributed by atoms with Gasteiger partial charge in [0.2, 0.25) is 5.91 Å². The van der Waals surface area contributed by atoms with E-state index in [1.54, 1.807) is 32.8 Å². The predicted octanol–water partition coefficient (Wildman–Crippen LogP) is 2.79. The number of carbonyl (C=O) groups excluding carboxylic acids is 2. The number of aromatic nitrogens is 2. The molecule has 9 heteroatoms. The van der Waals surface area contributed by atoms with Gasteiger partial charge in [-0.05, 0) is 43.0 Å². The smallest absolute Gasteiger partial charge is 0.331 e. The van der Waals surface area contributed by atoms with E-state index >= 15 is 0 Å². The fourth-order valence-corrected chi connectivity index (χ4v) is 4.39. The molecule has 1 aromatic carbocycles. The number of amidine groups is 1. The van der Waals surface area contributed by atoms with Gasteiger partial charge < -0.3 is 4.90 Å². The number of fused-ring (bicyclic) bond motifs is 3. The Labute approximate surface area is 179 Å². The second-order valence-electron chi connectivity index (χ2n) is 8.06. The van der Waals surface area contributed by atoms with Crippen LogP contribution in [0.15, 0.2) is 35.5 Å². The minimum atomic E-state index is -0.229. The summed E-state index contributed by atoms with van der Waals surface area (Å²) in [4.78, 5) is 35.9. The van der Waals surface area contributed by atoms with Crippen molar-refractivity contribution in [2.24, 2.45) is 10.9 Å². The van der Waals surface area contributed by atoms with Gasteiger partial charge in [0.25, 0.3) is 0 Å². The van der Waals surface area contributed by atoms with Gasteiger partial charge in [-0.25, -0.2) is 9.48 Å². The number of benzene rings is 1. The van der Waals surface area contributed by atoms with E-state index in [2.05, 4.69) is 17.0 Å². The minimum absolute atomic E-state index is 0.0106. The van der Waals surface area contributed by atoms with E-state index in [0.29, 0.717) is 35.7 Å². The predicted molar refractivity (Wildman–Crippen MR) is 114 cm³/mol. The molecular weight excluding hydrogens is 404 g/mol. The zero-order valence-corrected chi connectivity index (χ0v) is 17.5. The van der Waals surface area contributed by atoms with Crippen molar-refractivity contribution in [1.82, 2.24) is 19.6 Å². The molecule has 3 aliphatic rings. The molecule has 2 aromatic rings. The van der Waals surface area contributed by atoms with Crippen LogP contribution in [0.4, 0.5) is 10.6 Å². The minimum Gasteiger partial charge on any atom is -0.341 e. The summed E-state index contributed by atoms with van der Waals surface area (Å²) in [6.07, 6.45) is 3.71. The molecule has 0 radical (unpaired) electrons. The number of hydrogen-bond donors (Lipinski definition) is 0. The number of halogens is 1. The van der Waals surface area contributed by atoms with E-state index in [1.165, 1.54) is 0 Å². The van der Waals surface area contributed by atoms with Gasteiger partial charge in [0.05, 0.1) is 24.0 Å². The third-order valence-corrected chi connectivity index (χ3v) is 6.30. The van der Waals surface area contributed by atoms with E-state index < -0.39 is 0 Å². The fourth-order valence-electron chi connectivity index (χ4n) is 4.27. The molecular formula is C21H23ClN6O2. The van der Waals surface area contributed by atoms with Crippen molar-refractivity contribution in [2.75, 3.05) is 37.6 Å². The highest BCUT2D eigenvalue weighted by atomic mass is 35.5. The third-order valence-electron chi connectivity index (χ3n) is 6.04. The number of aliphatic imine (C=N–C) groups is 1. The number of urea groups is 1. The van der Waals surface area contributed by atoms with Gasteiger partial charge in [0.1, 0.15) is 12.4 Å². The first-order valence-electron chi connectivity index (χ1n) is 10.3. The number of piperidine rings is 1. The Kier molecular flexibility index (Phi) is 4.73. The van der Waals surface area contributed by atoms with Crippen LogP contribution in [-0.4, -0.2) is 70.1 Å². The summed E-state index contributed by atoms with van der Waals surface area (Å²) >= 11 is 6.04. The molecule has 1 saturated heterocycles. The fraction of sp³-hybridized carbons (Fsp3) is 0.429. The number of likely N-dealkylation sites (tertiary alicyclic amines) is 1. The van der Waals surface area contributed by atoms with Crippen LogP contribution in [0.3, 0.4) is 0 Å². The molecule has 0 spiro atoms. The van der Waals surface area contributed by atoms with Crippen molar-refractivity contribution in [3.63, 3.8) is 0 Å². The zero-order valence-electron chi connectivity index (χ0n) is 16.8. The lowest BCUT2D eigenvalue weighted by atomic mass is 9.99. The largest absolute Gasteiger partial charge is 0.341 e. The molecule has 8 nitrogen and oxygen atoms in total. The lowest BCUT2D eigenvalue weighted by Crippen LogP contribution is -2.54. The summed E-state index contributed by atoms with van der Waals surface area (Å²) in [5.41, 5.74) is 1.53. The Morgan fingerprint density at radius 2 is 1.90 bits per heavy atom. The molecule has 5 rings (SSSR count). The Morgan fingerprint density at radius 3 is 2.63 bits per heavy atom. The first kappa shape index (κ1) is 19.1. The molecule has 1 aromatic heterocycles. The lowest BCUT2D eigenvalue weighted by Gasteiger charge is -2.36. The number of hydrogen-bond acceptors (Lipinski definition) is 4. The van der Waals surface area contributed by atoms with Gasteiger partial charge in [-0.1, -0.05) is 18.5 Å². The summed E-state index contributed by atoms with van der Waals surface area (Å²) in [6.45, 7) is 4.75. The van der Waals surface area contributed by atoms with E-state index in [1.807, 2.05) is 17.0 Å². The summed E-state index contributed by atoms with van der Waals surface area (Å²) in [7, 11) is 0. The maximum absolute atomic E-state index is 13.3. The van der Waals surface area contributed by atoms with Crippen LogP contribution in [0.2, 0.25) is 5.02 Å². The summed E-state index contributed by atoms with van der Waals surface area (Å²) in [6, 6.07) is 7.01. The molecule has 1 fully saturated rings. The molecule has 0 N–H and O–H groups in total. The van der Waals surface area contributed by atoms with Crippen LogP contribution in [0.25, 0.3) is 5.69 Å². The Bertz CT molecular complexity index is 1020. The van der Waals surface area contributed by atoms with Gasteiger partial charge in [0.15, 0.2) is 5.82 Å². The van der Waals surface area contributed by atoms with E-state index in [-0.39, 0.29) is 18.5 Å². The standard InChI is InChI=1S/C21H23ClN6O2/c1-14-6-9-25(10-7-14)18(29)13-27-20-17(19-23-8-11-26(19)21(27)30)12-24-28(20)16-4-2-15(22)3-5-16/h2-5,12,14H,6-11,13H2,1H3. The Hall–Kier alpha value is -2.87. The van der Waals surface area contributed by atoms with Crippen LogP contribution < -0.4 is 4.90 Å². The topological polar surface area (TPSA) is 74.0 Å². The summed E-state index contributed by atoms with van der Waals surface area (Å²) in [5.74, 6) is 1.81. The van der Waals surface area contributed by atoms with Crippen LogP contribution >= 0.6 is 11.6 Å². The Balaban J connectivity index is 1.52. The van der Waals surface area contributed by atoms with Gasteiger partial charge in [-0.15, -0.1) is 0 Å². The molecule has 156 valence electrons. The Morgan fingerprint density at radius 1 is 1.17 bits per heavy atom. The maximum atomic E-state index is 13.3. The van der Waals surface area contributed by atoms with Crippen molar-refractivity contribution in [3.05, 3.63) is 41.0 Å².